The molecule has 31 heavy (non-hydrogen) atoms. The summed E-state index contributed by atoms with van der Waals surface area (Å²) in [4.78, 5) is 13.3. The molecule has 0 aliphatic rings. The Morgan fingerprint density at radius 3 is 2.42 bits per heavy atom. The Hall–Kier alpha value is -2.88. The number of aromatic nitrogens is 2. The normalized spacial score (nSPS) is 10.7. The van der Waals surface area contributed by atoms with Gasteiger partial charge in [0.1, 0.15) is 0 Å². The van der Waals surface area contributed by atoms with Gasteiger partial charge in [-0.2, -0.15) is 0 Å². The van der Waals surface area contributed by atoms with Crippen LogP contribution in [0.4, 0.5) is 0 Å². The van der Waals surface area contributed by atoms with Crippen LogP contribution in [0.2, 0.25) is 0 Å². The van der Waals surface area contributed by atoms with Crippen LogP contribution >= 0.6 is 24.0 Å². The SMILES string of the molecule is CCNC(=NCc1ccc(Oc2ccccc2OCC)nc1)NCc1ccccn1.I. The highest BCUT2D eigenvalue weighted by atomic mass is 127. The number of aliphatic imine (C=N–C) groups is 1. The third-order valence-electron chi connectivity index (χ3n) is 4.09. The van der Waals surface area contributed by atoms with Gasteiger partial charge in [0.05, 0.1) is 25.4 Å². The van der Waals surface area contributed by atoms with Crippen molar-refractivity contribution in [1.29, 1.82) is 0 Å². The molecule has 0 aliphatic carbocycles. The van der Waals surface area contributed by atoms with Gasteiger partial charge in [0, 0.05) is 25.0 Å². The van der Waals surface area contributed by atoms with Crippen molar-refractivity contribution >= 4 is 29.9 Å². The molecule has 3 aromatic rings. The summed E-state index contributed by atoms with van der Waals surface area (Å²) in [6.45, 7) is 6.44. The molecule has 0 radical (unpaired) electrons. The Bertz CT molecular complexity index is 936. The molecule has 2 N–H and O–H groups in total. The molecule has 0 fully saturated rings. The van der Waals surface area contributed by atoms with Gasteiger partial charge in [-0.1, -0.05) is 24.3 Å². The predicted molar refractivity (Wildman–Crippen MR) is 133 cm³/mol. The number of pyridine rings is 2. The molecule has 8 heteroatoms. The lowest BCUT2D eigenvalue weighted by atomic mass is 10.3. The molecular weight excluding hydrogens is 505 g/mol. The quantitative estimate of drug-likeness (QED) is 0.239. The van der Waals surface area contributed by atoms with Gasteiger partial charge in [-0.05, 0) is 43.7 Å². The molecule has 0 saturated carbocycles. The van der Waals surface area contributed by atoms with E-state index in [9.17, 15) is 0 Å². The van der Waals surface area contributed by atoms with Gasteiger partial charge in [-0.25, -0.2) is 9.98 Å². The number of hydrogen-bond acceptors (Lipinski definition) is 5. The summed E-state index contributed by atoms with van der Waals surface area (Å²) >= 11 is 0. The zero-order chi connectivity index (χ0) is 21.0. The van der Waals surface area contributed by atoms with E-state index in [1.54, 1.807) is 12.4 Å². The van der Waals surface area contributed by atoms with Gasteiger partial charge in [0.15, 0.2) is 17.5 Å². The second-order valence-electron chi connectivity index (χ2n) is 6.36. The van der Waals surface area contributed by atoms with Gasteiger partial charge in [-0.15, -0.1) is 24.0 Å². The number of benzene rings is 1. The van der Waals surface area contributed by atoms with Crippen LogP contribution in [0.15, 0.2) is 72.0 Å². The van der Waals surface area contributed by atoms with Crippen LogP contribution in [-0.2, 0) is 13.1 Å². The van der Waals surface area contributed by atoms with E-state index in [1.165, 1.54) is 0 Å². The maximum atomic E-state index is 5.87. The van der Waals surface area contributed by atoms with Crippen LogP contribution in [0.3, 0.4) is 0 Å². The number of guanidine groups is 1. The lowest BCUT2D eigenvalue weighted by molar-refractivity contribution is 0.319. The summed E-state index contributed by atoms with van der Waals surface area (Å²) in [6, 6.07) is 17.2. The number of nitrogens with one attached hydrogen (secondary N) is 2. The molecule has 7 nitrogen and oxygen atoms in total. The van der Waals surface area contributed by atoms with E-state index in [0.717, 1.165) is 23.8 Å². The average molecular weight is 533 g/mol. The summed E-state index contributed by atoms with van der Waals surface area (Å²) in [5, 5.41) is 6.52. The first-order valence-electron chi connectivity index (χ1n) is 10.0. The first-order valence-corrected chi connectivity index (χ1v) is 10.0. The largest absolute Gasteiger partial charge is 0.490 e. The summed E-state index contributed by atoms with van der Waals surface area (Å²) in [7, 11) is 0. The van der Waals surface area contributed by atoms with E-state index >= 15 is 0 Å². The third-order valence-corrected chi connectivity index (χ3v) is 4.09. The van der Waals surface area contributed by atoms with Crippen LogP contribution in [0.25, 0.3) is 0 Å². The molecule has 1 aromatic carbocycles. The Kier molecular flexibility index (Phi) is 10.6. The van der Waals surface area contributed by atoms with Crippen molar-refractivity contribution in [3.05, 3.63) is 78.2 Å². The zero-order valence-electron chi connectivity index (χ0n) is 17.7. The molecule has 3 rings (SSSR count). The van der Waals surface area contributed by atoms with Crippen molar-refractivity contribution in [2.45, 2.75) is 26.9 Å². The van der Waals surface area contributed by atoms with E-state index in [1.807, 2.05) is 68.4 Å². The number of para-hydroxylation sites is 2. The number of rotatable bonds is 9. The molecule has 0 spiro atoms. The topological polar surface area (TPSA) is 80.7 Å². The standard InChI is InChI=1S/C23H27N5O2.HI/c1-3-24-23(28-17-19-9-7-8-14-25-19)27-16-18-12-13-22(26-15-18)30-21-11-6-5-10-20(21)29-4-2;/h5-15H,3-4,16-17H2,1-2H3,(H2,24,27,28);1H. The molecule has 2 aromatic heterocycles. The van der Waals surface area contributed by atoms with E-state index in [2.05, 4.69) is 25.6 Å². The van der Waals surface area contributed by atoms with Crippen molar-refractivity contribution in [3.8, 4) is 17.4 Å². The van der Waals surface area contributed by atoms with E-state index in [0.29, 0.717) is 37.1 Å². The molecule has 0 saturated heterocycles. The maximum Gasteiger partial charge on any atom is 0.219 e. The molecule has 164 valence electrons. The van der Waals surface area contributed by atoms with Crippen LogP contribution in [0, 0.1) is 0 Å². The average Bonchev–Trinajstić information content (AvgIpc) is 2.79. The Labute approximate surface area is 200 Å². The minimum atomic E-state index is 0. The Morgan fingerprint density at radius 2 is 1.74 bits per heavy atom. The fraction of sp³-hybridized carbons (Fsp3) is 0.261. The monoisotopic (exact) mass is 533 g/mol. The van der Waals surface area contributed by atoms with Crippen molar-refractivity contribution < 1.29 is 9.47 Å². The number of nitrogens with zero attached hydrogens (tertiary/aromatic N) is 3. The van der Waals surface area contributed by atoms with Crippen LogP contribution in [0.5, 0.6) is 17.4 Å². The summed E-state index contributed by atoms with van der Waals surface area (Å²) in [5.74, 6) is 2.58. The fourth-order valence-corrected chi connectivity index (χ4v) is 2.68. The van der Waals surface area contributed by atoms with E-state index in [4.69, 9.17) is 9.47 Å². The highest BCUT2D eigenvalue weighted by molar-refractivity contribution is 14.0. The summed E-state index contributed by atoms with van der Waals surface area (Å²) < 4.78 is 11.5. The minimum absolute atomic E-state index is 0. The zero-order valence-corrected chi connectivity index (χ0v) is 20.1. The highest BCUT2D eigenvalue weighted by Crippen LogP contribution is 2.30. The van der Waals surface area contributed by atoms with Gasteiger partial charge in [0.2, 0.25) is 5.88 Å². The van der Waals surface area contributed by atoms with Crippen molar-refractivity contribution in [2.75, 3.05) is 13.2 Å². The number of hydrogen-bond donors (Lipinski definition) is 2. The van der Waals surface area contributed by atoms with Gasteiger partial charge < -0.3 is 20.1 Å². The molecule has 2 heterocycles. The summed E-state index contributed by atoms with van der Waals surface area (Å²) in [5.41, 5.74) is 1.94. The number of halogens is 1. The number of ether oxygens (including phenoxy) is 2. The van der Waals surface area contributed by atoms with E-state index < -0.39 is 0 Å². The Balaban J connectivity index is 0.00000341. The molecule has 0 aliphatic heterocycles. The molecule has 0 amide bonds. The van der Waals surface area contributed by atoms with E-state index in [-0.39, 0.29) is 24.0 Å². The molecular formula is C23H28IN5O2. The maximum absolute atomic E-state index is 5.87. The second kappa shape index (κ2) is 13.4. The van der Waals surface area contributed by atoms with Crippen molar-refractivity contribution in [3.63, 3.8) is 0 Å². The van der Waals surface area contributed by atoms with Crippen molar-refractivity contribution in [1.82, 2.24) is 20.6 Å². The van der Waals surface area contributed by atoms with Crippen LogP contribution < -0.4 is 20.1 Å². The van der Waals surface area contributed by atoms with Crippen molar-refractivity contribution in [2.24, 2.45) is 4.99 Å². The van der Waals surface area contributed by atoms with Crippen LogP contribution in [0.1, 0.15) is 25.1 Å². The van der Waals surface area contributed by atoms with Crippen LogP contribution in [-0.4, -0.2) is 29.1 Å². The fourth-order valence-electron chi connectivity index (χ4n) is 2.68. The first kappa shape index (κ1) is 24.4. The van der Waals surface area contributed by atoms with Gasteiger partial charge in [0.25, 0.3) is 0 Å². The van der Waals surface area contributed by atoms with Gasteiger partial charge in [-0.3, -0.25) is 4.98 Å². The summed E-state index contributed by atoms with van der Waals surface area (Å²) in [6.07, 6.45) is 3.55. The minimum Gasteiger partial charge on any atom is -0.490 e. The predicted octanol–water partition coefficient (Wildman–Crippen LogP) is 4.54. The lowest BCUT2D eigenvalue weighted by Crippen LogP contribution is -2.37. The third kappa shape index (κ3) is 8.05. The first-order chi connectivity index (χ1) is 14.8. The smallest absolute Gasteiger partial charge is 0.219 e. The molecule has 0 unspecified atom stereocenters. The van der Waals surface area contributed by atoms with Gasteiger partial charge >= 0.3 is 0 Å². The highest BCUT2D eigenvalue weighted by Gasteiger charge is 2.06. The lowest BCUT2D eigenvalue weighted by Gasteiger charge is -2.11. The molecule has 0 atom stereocenters. The molecule has 0 bridgehead atoms. The Morgan fingerprint density at radius 1 is 0.935 bits per heavy atom. The second-order valence-corrected chi connectivity index (χ2v) is 6.36.